The number of benzene rings is 1. The van der Waals surface area contributed by atoms with Crippen molar-refractivity contribution in [2.45, 2.75) is 18.8 Å². The van der Waals surface area contributed by atoms with Crippen LogP contribution in [0.3, 0.4) is 0 Å². The van der Waals surface area contributed by atoms with Gasteiger partial charge in [-0.15, -0.1) is 0 Å². The molecular formula is C13H10ClN3O3. The maximum Gasteiger partial charge on any atom is 0.273 e. The van der Waals surface area contributed by atoms with Crippen LogP contribution in [-0.2, 0) is 0 Å². The number of halogens is 1. The minimum Gasteiger partial charge on any atom is -0.439 e. The number of non-ortho nitro benzene ring substituents is 1. The first kappa shape index (κ1) is 12.8. The number of nitro groups is 1. The van der Waals surface area contributed by atoms with E-state index in [-0.39, 0.29) is 5.69 Å². The van der Waals surface area contributed by atoms with Gasteiger partial charge in [0.25, 0.3) is 5.69 Å². The van der Waals surface area contributed by atoms with Crippen molar-refractivity contribution in [1.29, 1.82) is 0 Å². The van der Waals surface area contributed by atoms with Crippen molar-refractivity contribution in [2.24, 2.45) is 0 Å². The highest BCUT2D eigenvalue weighted by molar-refractivity contribution is 6.29. The third-order valence-corrected chi connectivity index (χ3v) is 3.08. The summed E-state index contributed by atoms with van der Waals surface area (Å²) in [6.45, 7) is 0. The molecule has 0 saturated heterocycles. The van der Waals surface area contributed by atoms with Crippen LogP contribution in [0, 0.1) is 10.1 Å². The molecule has 3 rings (SSSR count). The lowest BCUT2D eigenvalue weighted by molar-refractivity contribution is -0.384. The number of ether oxygens (including phenoxy) is 1. The normalized spacial score (nSPS) is 14.1. The van der Waals surface area contributed by atoms with E-state index in [1.807, 2.05) is 0 Å². The van der Waals surface area contributed by atoms with Crippen molar-refractivity contribution in [3.63, 3.8) is 0 Å². The molecular weight excluding hydrogens is 282 g/mol. The smallest absolute Gasteiger partial charge is 0.273 e. The Morgan fingerprint density at radius 2 is 2.10 bits per heavy atom. The van der Waals surface area contributed by atoms with E-state index in [9.17, 15) is 10.1 Å². The molecule has 1 heterocycles. The largest absolute Gasteiger partial charge is 0.439 e. The Morgan fingerprint density at radius 1 is 1.30 bits per heavy atom. The maximum absolute atomic E-state index is 10.7. The topological polar surface area (TPSA) is 78.2 Å². The van der Waals surface area contributed by atoms with Gasteiger partial charge >= 0.3 is 0 Å². The Balaban J connectivity index is 1.87. The molecule has 1 saturated carbocycles. The van der Waals surface area contributed by atoms with E-state index in [0.717, 1.165) is 12.8 Å². The molecule has 0 atom stereocenters. The Hall–Kier alpha value is -2.21. The van der Waals surface area contributed by atoms with E-state index in [0.29, 0.717) is 28.5 Å². The second-order valence-electron chi connectivity index (χ2n) is 4.52. The highest BCUT2D eigenvalue weighted by Crippen LogP contribution is 2.39. The van der Waals surface area contributed by atoms with Gasteiger partial charge in [-0.1, -0.05) is 17.7 Å². The molecule has 0 radical (unpaired) electrons. The van der Waals surface area contributed by atoms with Crippen molar-refractivity contribution < 1.29 is 9.66 Å². The van der Waals surface area contributed by atoms with E-state index in [1.54, 1.807) is 12.1 Å². The molecule has 0 amide bonds. The molecule has 1 aliphatic carbocycles. The molecule has 2 aromatic rings. The quantitative estimate of drug-likeness (QED) is 0.487. The first-order valence-electron chi connectivity index (χ1n) is 6.08. The average Bonchev–Trinajstić information content (AvgIpc) is 3.22. The van der Waals surface area contributed by atoms with Crippen LogP contribution in [0.2, 0.25) is 5.15 Å². The number of rotatable bonds is 4. The van der Waals surface area contributed by atoms with Crippen LogP contribution in [-0.4, -0.2) is 14.9 Å². The molecule has 0 spiro atoms. The lowest BCUT2D eigenvalue weighted by Gasteiger charge is -2.06. The standard InChI is InChI=1S/C13H10ClN3O3/c14-11-7-12(16-13(15-11)8-4-5-8)20-10-3-1-2-9(6-10)17(18)19/h1-3,6-8H,4-5H2. The van der Waals surface area contributed by atoms with Gasteiger partial charge < -0.3 is 4.74 Å². The minimum absolute atomic E-state index is 0.0370. The first-order valence-corrected chi connectivity index (χ1v) is 6.46. The fourth-order valence-corrected chi connectivity index (χ4v) is 1.95. The third-order valence-electron chi connectivity index (χ3n) is 2.88. The number of aromatic nitrogens is 2. The highest BCUT2D eigenvalue weighted by atomic mass is 35.5. The molecule has 0 unspecified atom stereocenters. The van der Waals surface area contributed by atoms with Gasteiger partial charge in [0.1, 0.15) is 16.7 Å². The molecule has 102 valence electrons. The van der Waals surface area contributed by atoms with Crippen LogP contribution < -0.4 is 4.74 Å². The summed E-state index contributed by atoms with van der Waals surface area (Å²) in [5.41, 5.74) is -0.0370. The lowest BCUT2D eigenvalue weighted by atomic mass is 10.3. The second kappa shape index (κ2) is 5.05. The number of hydrogen-bond donors (Lipinski definition) is 0. The minimum atomic E-state index is -0.477. The van der Waals surface area contributed by atoms with Gasteiger partial charge in [0.15, 0.2) is 0 Å². The van der Waals surface area contributed by atoms with Crippen LogP contribution in [0.1, 0.15) is 24.6 Å². The molecule has 1 fully saturated rings. The van der Waals surface area contributed by atoms with Gasteiger partial charge in [0.05, 0.1) is 11.0 Å². The van der Waals surface area contributed by atoms with Crippen LogP contribution in [0.15, 0.2) is 30.3 Å². The van der Waals surface area contributed by atoms with Crippen LogP contribution in [0.5, 0.6) is 11.6 Å². The van der Waals surface area contributed by atoms with Crippen LogP contribution in [0.4, 0.5) is 5.69 Å². The Labute approximate surface area is 119 Å². The summed E-state index contributed by atoms with van der Waals surface area (Å²) in [5, 5.41) is 11.0. The fraction of sp³-hybridized carbons (Fsp3) is 0.231. The lowest BCUT2D eigenvalue weighted by Crippen LogP contribution is -1.96. The number of hydrogen-bond acceptors (Lipinski definition) is 5. The van der Waals surface area contributed by atoms with Crippen molar-refractivity contribution in [2.75, 3.05) is 0 Å². The zero-order valence-electron chi connectivity index (χ0n) is 10.3. The number of nitrogens with zero attached hydrogens (tertiary/aromatic N) is 3. The average molecular weight is 292 g/mol. The van der Waals surface area contributed by atoms with E-state index in [4.69, 9.17) is 16.3 Å². The predicted molar refractivity (Wildman–Crippen MR) is 72.2 cm³/mol. The Morgan fingerprint density at radius 3 is 2.80 bits per heavy atom. The predicted octanol–water partition coefficient (Wildman–Crippen LogP) is 3.71. The molecule has 1 aromatic heterocycles. The number of nitro benzene ring substituents is 1. The summed E-state index contributed by atoms with van der Waals surface area (Å²) in [7, 11) is 0. The second-order valence-corrected chi connectivity index (χ2v) is 4.91. The summed E-state index contributed by atoms with van der Waals surface area (Å²) in [6, 6.07) is 7.41. The van der Waals surface area contributed by atoms with Gasteiger partial charge in [-0.05, 0) is 18.9 Å². The third kappa shape index (κ3) is 2.85. The maximum atomic E-state index is 10.7. The summed E-state index contributed by atoms with van der Waals surface area (Å²) >= 11 is 5.93. The fourth-order valence-electron chi connectivity index (χ4n) is 1.77. The van der Waals surface area contributed by atoms with Crippen LogP contribution in [0.25, 0.3) is 0 Å². The highest BCUT2D eigenvalue weighted by Gasteiger charge is 2.27. The van der Waals surface area contributed by atoms with Gasteiger partial charge in [-0.2, -0.15) is 4.98 Å². The molecule has 1 aliphatic rings. The molecule has 20 heavy (non-hydrogen) atoms. The first-order chi connectivity index (χ1) is 9.61. The molecule has 6 nitrogen and oxygen atoms in total. The Kier molecular flexibility index (Phi) is 3.23. The van der Waals surface area contributed by atoms with Crippen molar-refractivity contribution in [3.8, 4) is 11.6 Å². The van der Waals surface area contributed by atoms with Gasteiger partial charge in [0, 0.05) is 18.1 Å². The summed E-state index contributed by atoms with van der Waals surface area (Å²) < 4.78 is 5.53. The van der Waals surface area contributed by atoms with Crippen molar-refractivity contribution in [3.05, 3.63) is 51.4 Å². The summed E-state index contributed by atoms with van der Waals surface area (Å²) in [4.78, 5) is 18.7. The zero-order valence-corrected chi connectivity index (χ0v) is 11.1. The van der Waals surface area contributed by atoms with Crippen molar-refractivity contribution in [1.82, 2.24) is 9.97 Å². The molecule has 0 aliphatic heterocycles. The van der Waals surface area contributed by atoms with Gasteiger partial charge in [-0.3, -0.25) is 10.1 Å². The molecule has 7 heteroatoms. The molecule has 0 N–H and O–H groups in total. The van der Waals surface area contributed by atoms with E-state index in [2.05, 4.69) is 9.97 Å². The Bertz CT molecular complexity index is 674. The summed E-state index contributed by atoms with van der Waals surface area (Å²) in [6.07, 6.45) is 2.10. The monoisotopic (exact) mass is 291 g/mol. The zero-order chi connectivity index (χ0) is 14.1. The van der Waals surface area contributed by atoms with E-state index >= 15 is 0 Å². The van der Waals surface area contributed by atoms with Gasteiger partial charge in [-0.25, -0.2) is 4.98 Å². The SMILES string of the molecule is O=[N+]([O-])c1cccc(Oc2cc(Cl)nc(C3CC3)n2)c1. The molecule has 0 bridgehead atoms. The summed E-state index contributed by atoms with van der Waals surface area (Å²) in [5.74, 6) is 1.65. The van der Waals surface area contributed by atoms with E-state index in [1.165, 1.54) is 18.2 Å². The van der Waals surface area contributed by atoms with Crippen molar-refractivity contribution >= 4 is 17.3 Å². The van der Waals surface area contributed by atoms with Crippen LogP contribution >= 0.6 is 11.6 Å². The van der Waals surface area contributed by atoms with E-state index < -0.39 is 4.92 Å². The van der Waals surface area contributed by atoms with Gasteiger partial charge in [0.2, 0.25) is 5.88 Å². The molecule has 1 aromatic carbocycles.